The molecule has 0 saturated carbocycles. The van der Waals surface area contributed by atoms with Crippen LogP contribution in [0, 0.1) is 5.41 Å². The molecule has 1 aliphatic heterocycles. The van der Waals surface area contributed by atoms with Gasteiger partial charge in [0.15, 0.2) is 14.8 Å². The predicted molar refractivity (Wildman–Crippen MR) is 59.9 cm³/mol. The highest BCUT2D eigenvalue weighted by Crippen LogP contribution is 2.56. The Balaban J connectivity index is 2.35. The van der Waals surface area contributed by atoms with E-state index < -0.39 is 14.6 Å². The zero-order valence-electron chi connectivity index (χ0n) is 10.0. The van der Waals surface area contributed by atoms with Gasteiger partial charge >= 0.3 is 0 Å². The topological polar surface area (TPSA) is 38.8 Å². The van der Waals surface area contributed by atoms with Crippen molar-refractivity contribution in [2.75, 3.05) is 0 Å². The Hall–Kier alpha value is -0.613. The van der Waals surface area contributed by atoms with Crippen molar-refractivity contribution in [3.63, 3.8) is 0 Å². The molecule has 0 aromatic rings. The van der Waals surface area contributed by atoms with E-state index in [0.29, 0.717) is 12.2 Å². The van der Waals surface area contributed by atoms with Gasteiger partial charge < -0.3 is 9.16 Å². The molecule has 0 aromatic carbocycles. The molecule has 1 atom stereocenters. The molecule has 2 rings (SSSR count). The van der Waals surface area contributed by atoms with Crippen LogP contribution in [0.25, 0.3) is 0 Å². The van der Waals surface area contributed by atoms with Crippen molar-refractivity contribution in [2.45, 2.75) is 45.9 Å². The van der Waals surface area contributed by atoms with Crippen LogP contribution in [0.3, 0.4) is 0 Å². The predicted octanol–water partition coefficient (Wildman–Crippen LogP) is 1.99. The van der Waals surface area contributed by atoms with Crippen molar-refractivity contribution in [1.29, 1.82) is 0 Å². The van der Waals surface area contributed by atoms with Crippen molar-refractivity contribution in [3.05, 3.63) is 11.5 Å². The lowest BCUT2D eigenvalue weighted by Gasteiger charge is -2.41. The Morgan fingerprint density at radius 1 is 1.40 bits per heavy atom. The van der Waals surface area contributed by atoms with Crippen molar-refractivity contribution in [1.82, 2.24) is 0 Å². The van der Waals surface area contributed by atoms with Gasteiger partial charge in [-0.3, -0.25) is 4.79 Å². The number of carbonyl (C=O) groups excluding carboxylic acids is 1. The van der Waals surface area contributed by atoms with E-state index in [1.165, 1.54) is 0 Å². The van der Waals surface area contributed by atoms with Crippen LogP contribution in [-0.2, 0) is 14.0 Å². The summed E-state index contributed by atoms with van der Waals surface area (Å²) in [6, 6.07) is 0. The minimum atomic E-state index is -1.20. The lowest BCUT2D eigenvalue weighted by Crippen LogP contribution is -2.48. The van der Waals surface area contributed by atoms with Crippen LogP contribution >= 0.6 is 0 Å². The summed E-state index contributed by atoms with van der Waals surface area (Å²) in [4.78, 5) is 11.6. The smallest absolute Gasteiger partial charge is 0.211 e. The van der Waals surface area contributed by atoms with E-state index in [0.717, 1.165) is 5.76 Å². The van der Waals surface area contributed by atoms with Crippen molar-refractivity contribution < 1.29 is 14.0 Å². The summed E-state index contributed by atoms with van der Waals surface area (Å²) in [5, 5.41) is 0. The van der Waals surface area contributed by atoms with E-state index in [4.69, 9.17) is 9.16 Å². The van der Waals surface area contributed by atoms with Gasteiger partial charge in [0.1, 0.15) is 5.60 Å². The Labute approximate surface area is 92.2 Å². The van der Waals surface area contributed by atoms with Crippen molar-refractivity contribution in [3.8, 4) is 0 Å². The van der Waals surface area contributed by atoms with Crippen LogP contribution in [0.5, 0.6) is 0 Å². The second-order valence-electron chi connectivity index (χ2n) is 5.60. The highest BCUT2D eigenvalue weighted by atomic mass is 28.3. The number of carbonyl (C=O) groups is 1. The number of ketones is 1. The van der Waals surface area contributed by atoms with E-state index >= 15 is 0 Å². The lowest BCUT2D eigenvalue weighted by molar-refractivity contribution is -0.124. The quantitative estimate of drug-likeness (QED) is 0.676. The third-order valence-corrected chi connectivity index (χ3v) is 3.92. The molecule has 3 nitrogen and oxygen atoms in total. The van der Waals surface area contributed by atoms with Crippen LogP contribution in [0.1, 0.15) is 27.2 Å². The number of Topliss-reactive ketones (excluding diaryl/α,β-unsaturated/α-hetero) is 1. The number of ether oxygens (including phenoxy) is 1. The van der Waals surface area contributed by atoms with E-state index in [1.54, 1.807) is 0 Å². The monoisotopic (exact) mass is 226 g/mol. The maximum absolute atomic E-state index is 11.6. The maximum Gasteiger partial charge on any atom is 0.211 e. The minimum Gasteiger partial charge on any atom is -0.447 e. The summed E-state index contributed by atoms with van der Waals surface area (Å²) in [5.41, 5.74) is -0.562. The molecule has 84 valence electrons. The number of hydrogen-bond donors (Lipinski definition) is 0. The Bertz CT molecular complexity index is 351. The highest BCUT2D eigenvalue weighted by molar-refractivity contribution is 6.48. The van der Waals surface area contributed by atoms with Gasteiger partial charge in [-0.05, 0) is 18.5 Å². The van der Waals surface area contributed by atoms with E-state index in [-0.39, 0.29) is 11.2 Å². The number of rotatable bonds is 2. The summed E-state index contributed by atoms with van der Waals surface area (Å²) < 4.78 is 11.4. The molecule has 0 spiro atoms. The van der Waals surface area contributed by atoms with Crippen molar-refractivity contribution >= 4 is 14.8 Å². The SMILES string of the molecule is C[SiH](C)OC1(C(C)(C)C)CC(=O)C2=C1O2. The summed E-state index contributed by atoms with van der Waals surface area (Å²) in [6.45, 7) is 10.6. The fourth-order valence-electron chi connectivity index (χ4n) is 2.19. The van der Waals surface area contributed by atoms with Crippen LogP contribution in [0.2, 0.25) is 13.1 Å². The molecule has 0 bridgehead atoms. The molecule has 0 amide bonds. The normalized spacial score (nSPS) is 29.6. The summed E-state index contributed by atoms with van der Waals surface area (Å²) >= 11 is 0. The van der Waals surface area contributed by atoms with Gasteiger partial charge in [0.05, 0.1) is 6.42 Å². The largest absolute Gasteiger partial charge is 0.447 e. The standard InChI is InChI=1S/C11H18O3Si/c1-10(2,3)11(14-15(4)5)6-7(12)8-9(11)13-8/h15H,6H2,1-5H3. The fraction of sp³-hybridized carbons (Fsp3) is 0.727. The van der Waals surface area contributed by atoms with E-state index in [2.05, 4.69) is 33.9 Å². The van der Waals surface area contributed by atoms with Crippen LogP contribution in [-0.4, -0.2) is 20.4 Å². The maximum atomic E-state index is 11.6. The third-order valence-electron chi connectivity index (χ3n) is 3.05. The first kappa shape index (κ1) is 10.9. The van der Waals surface area contributed by atoms with Gasteiger partial charge in [-0.25, -0.2) is 0 Å². The molecule has 0 aromatic heterocycles. The van der Waals surface area contributed by atoms with Gasteiger partial charge in [-0.1, -0.05) is 20.8 Å². The average Bonchev–Trinajstić information content (AvgIpc) is 2.73. The molecule has 0 N–H and O–H groups in total. The molecule has 0 radical (unpaired) electrons. The average molecular weight is 226 g/mol. The molecule has 0 fully saturated rings. The lowest BCUT2D eigenvalue weighted by atomic mass is 9.75. The first-order valence-electron chi connectivity index (χ1n) is 5.41. The number of allylic oxidation sites excluding steroid dienone is 1. The first-order valence-corrected chi connectivity index (χ1v) is 8.19. The molecule has 15 heavy (non-hydrogen) atoms. The van der Waals surface area contributed by atoms with Gasteiger partial charge in [-0.15, -0.1) is 0 Å². The van der Waals surface area contributed by atoms with Crippen molar-refractivity contribution in [2.24, 2.45) is 5.41 Å². The summed E-state index contributed by atoms with van der Waals surface area (Å²) in [7, 11) is -1.20. The Morgan fingerprint density at radius 3 is 2.27 bits per heavy atom. The summed E-state index contributed by atoms with van der Waals surface area (Å²) in [6.07, 6.45) is 0.465. The van der Waals surface area contributed by atoms with Gasteiger partial charge in [0, 0.05) is 0 Å². The highest BCUT2D eigenvalue weighted by Gasteiger charge is 2.63. The zero-order chi connectivity index (χ0) is 11.4. The second kappa shape index (κ2) is 2.95. The molecule has 1 unspecified atom stereocenters. The Kier molecular flexibility index (Phi) is 2.14. The third kappa shape index (κ3) is 1.47. The van der Waals surface area contributed by atoms with E-state index in [9.17, 15) is 4.79 Å². The summed E-state index contributed by atoms with van der Waals surface area (Å²) in [5.74, 6) is 1.48. The van der Waals surface area contributed by atoms with Gasteiger partial charge in [-0.2, -0.15) is 0 Å². The first-order chi connectivity index (χ1) is 6.78. The van der Waals surface area contributed by atoms with Crippen LogP contribution < -0.4 is 0 Å². The van der Waals surface area contributed by atoms with Crippen LogP contribution in [0.4, 0.5) is 0 Å². The minimum absolute atomic E-state index is 0.0898. The second-order valence-corrected chi connectivity index (χ2v) is 7.94. The zero-order valence-corrected chi connectivity index (χ0v) is 11.2. The Morgan fingerprint density at radius 2 is 2.00 bits per heavy atom. The molecular weight excluding hydrogens is 208 g/mol. The van der Waals surface area contributed by atoms with Gasteiger partial charge in [0.2, 0.25) is 11.5 Å². The number of hydrogen-bond acceptors (Lipinski definition) is 3. The molecule has 0 saturated heterocycles. The van der Waals surface area contributed by atoms with E-state index in [1.807, 2.05) is 0 Å². The molecule has 1 heterocycles. The molecular formula is C11H18O3Si. The molecule has 2 aliphatic rings. The molecule has 1 aliphatic carbocycles. The fourth-order valence-corrected chi connectivity index (χ4v) is 3.54. The van der Waals surface area contributed by atoms with Crippen LogP contribution in [0.15, 0.2) is 11.5 Å². The van der Waals surface area contributed by atoms with Gasteiger partial charge in [0.25, 0.3) is 0 Å². The molecule has 4 heteroatoms.